The lowest BCUT2D eigenvalue weighted by molar-refractivity contribution is 0.0736. The quantitative estimate of drug-likeness (QED) is 0.660. The van der Waals surface area contributed by atoms with Crippen LogP contribution in [0, 0.1) is 13.8 Å². The van der Waals surface area contributed by atoms with Crippen LogP contribution in [-0.4, -0.2) is 36.9 Å². The van der Waals surface area contributed by atoms with Gasteiger partial charge in [-0.2, -0.15) is 4.98 Å². The Morgan fingerprint density at radius 3 is 2.73 bits per heavy atom. The van der Waals surface area contributed by atoms with Crippen molar-refractivity contribution in [2.75, 3.05) is 6.54 Å². The van der Waals surface area contributed by atoms with Gasteiger partial charge in [0.1, 0.15) is 0 Å². The number of aromatic nitrogens is 4. The molecule has 136 valence electrons. The van der Waals surface area contributed by atoms with Crippen LogP contribution in [0.15, 0.2) is 30.3 Å². The molecular weight excluding hydrogens is 350 g/mol. The predicted molar refractivity (Wildman–Crippen MR) is 101 cm³/mol. The van der Waals surface area contributed by atoms with E-state index in [-0.39, 0.29) is 5.91 Å². The summed E-state index contributed by atoms with van der Waals surface area (Å²) in [4.78, 5) is 23.6. The van der Waals surface area contributed by atoms with E-state index in [0.29, 0.717) is 35.3 Å². The first kappa shape index (κ1) is 18.3. The van der Waals surface area contributed by atoms with Gasteiger partial charge >= 0.3 is 0 Å². The third kappa shape index (κ3) is 3.85. The fourth-order valence-corrected chi connectivity index (χ4v) is 3.07. The second-order valence-electron chi connectivity index (χ2n) is 6.34. The maximum Gasteiger partial charge on any atom is 0.255 e. The van der Waals surface area contributed by atoms with Crippen LogP contribution in [0.25, 0.3) is 5.78 Å². The number of benzene rings is 1. The first-order valence-electron chi connectivity index (χ1n) is 8.73. The highest BCUT2D eigenvalue weighted by Crippen LogP contribution is 2.18. The Balaban J connectivity index is 1.90. The molecular formula is C19H22ClN5O. The minimum Gasteiger partial charge on any atom is -0.331 e. The van der Waals surface area contributed by atoms with Gasteiger partial charge in [0.25, 0.3) is 11.7 Å². The average Bonchev–Trinajstić information content (AvgIpc) is 3.01. The molecule has 2 aromatic heterocycles. The van der Waals surface area contributed by atoms with Crippen LogP contribution in [0.4, 0.5) is 0 Å². The van der Waals surface area contributed by atoms with Gasteiger partial charge in [-0.15, -0.1) is 5.10 Å². The molecule has 3 rings (SSSR count). The summed E-state index contributed by atoms with van der Waals surface area (Å²) in [5.41, 5.74) is 2.35. The van der Waals surface area contributed by atoms with Crippen molar-refractivity contribution in [2.45, 2.75) is 40.2 Å². The number of nitrogens with zero attached hydrogens (tertiary/aromatic N) is 5. The van der Waals surface area contributed by atoms with Gasteiger partial charge in [-0.1, -0.05) is 37.1 Å². The molecule has 0 spiro atoms. The summed E-state index contributed by atoms with van der Waals surface area (Å²) in [6, 6.07) is 9.06. The van der Waals surface area contributed by atoms with E-state index in [4.69, 9.17) is 11.6 Å². The SMILES string of the molecule is CCCCN(Cc1nc2nc(C)cc(C)n2n1)C(=O)c1ccccc1Cl. The average molecular weight is 372 g/mol. The van der Waals surface area contributed by atoms with Crippen LogP contribution in [0.2, 0.25) is 5.02 Å². The van der Waals surface area contributed by atoms with E-state index in [1.54, 1.807) is 21.5 Å². The molecule has 2 heterocycles. The van der Waals surface area contributed by atoms with Gasteiger partial charge in [0.2, 0.25) is 0 Å². The zero-order valence-corrected chi connectivity index (χ0v) is 16.0. The predicted octanol–water partition coefficient (Wildman–Crippen LogP) is 3.84. The third-order valence-electron chi connectivity index (χ3n) is 4.17. The summed E-state index contributed by atoms with van der Waals surface area (Å²) in [6.45, 7) is 6.94. The molecule has 1 amide bonds. The van der Waals surface area contributed by atoms with Crippen LogP contribution in [0.3, 0.4) is 0 Å². The number of fused-ring (bicyclic) bond motifs is 1. The molecule has 0 bridgehead atoms. The molecule has 0 aliphatic rings. The van der Waals surface area contributed by atoms with Crippen molar-refractivity contribution in [1.82, 2.24) is 24.5 Å². The van der Waals surface area contributed by atoms with Crippen LogP contribution < -0.4 is 0 Å². The van der Waals surface area contributed by atoms with Gasteiger partial charge in [0.05, 0.1) is 17.1 Å². The second-order valence-corrected chi connectivity index (χ2v) is 6.75. The van der Waals surface area contributed by atoms with Crippen LogP contribution >= 0.6 is 11.6 Å². The monoisotopic (exact) mass is 371 g/mol. The Bertz CT molecular complexity index is 937. The van der Waals surface area contributed by atoms with Gasteiger partial charge in [-0.3, -0.25) is 4.79 Å². The van der Waals surface area contributed by atoms with E-state index in [1.165, 1.54) is 0 Å². The Hall–Kier alpha value is -2.47. The normalized spacial score (nSPS) is 11.1. The lowest BCUT2D eigenvalue weighted by atomic mass is 10.2. The van der Waals surface area contributed by atoms with Crippen molar-refractivity contribution >= 4 is 23.3 Å². The van der Waals surface area contributed by atoms with Gasteiger partial charge < -0.3 is 4.90 Å². The van der Waals surface area contributed by atoms with E-state index in [2.05, 4.69) is 22.0 Å². The van der Waals surface area contributed by atoms with Gasteiger partial charge in [-0.05, 0) is 38.5 Å². The zero-order chi connectivity index (χ0) is 18.7. The minimum atomic E-state index is -0.108. The van der Waals surface area contributed by atoms with Gasteiger partial charge in [0, 0.05) is 17.9 Å². The van der Waals surface area contributed by atoms with Crippen molar-refractivity contribution in [2.24, 2.45) is 0 Å². The summed E-state index contributed by atoms with van der Waals surface area (Å²) in [5.74, 6) is 1.02. The molecule has 1 aromatic carbocycles. The first-order chi connectivity index (χ1) is 12.5. The number of hydrogen-bond acceptors (Lipinski definition) is 4. The molecule has 0 aliphatic carbocycles. The molecule has 0 unspecified atom stereocenters. The number of aryl methyl sites for hydroxylation is 2. The molecule has 0 saturated heterocycles. The third-order valence-corrected chi connectivity index (χ3v) is 4.50. The molecule has 0 atom stereocenters. The molecule has 0 radical (unpaired) electrons. The Morgan fingerprint density at radius 1 is 1.23 bits per heavy atom. The summed E-state index contributed by atoms with van der Waals surface area (Å²) in [6.07, 6.45) is 1.89. The molecule has 26 heavy (non-hydrogen) atoms. The number of carbonyl (C=O) groups excluding carboxylic acids is 1. The van der Waals surface area contributed by atoms with Crippen molar-refractivity contribution in [1.29, 1.82) is 0 Å². The highest BCUT2D eigenvalue weighted by atomic mass is 35.5. The topological polar surface area (TPSA) is 63.4 Å². The Morgan fingerprint density at radius 2 is 2.00 bits per heavy atom. The molecule has 0 N–H and O–H groups in total. The fourth-order valence-electron chi connectivity index (χ4n) is 2.85. The largest absolute Gasteiger partial charge is 0.331 e. The number of rotatable bonds is 6. The highest BCUT2D eigenvalue weighted by Gasteiger charge is 2.20. The summed E-state index contributed by atoms with van der Waals surface area (Å²) in [7, 11) is 0. The van der Waals surface area contributed by atoms with Crippen LogP contribution in [-0.2, 0) is 6.54 Å². The minimum absolute atomic E-state index is 0.108. The lowest BCUT2D eigenvalue weighted by Gasteiger charge is -2.21. The van der Waals surface area contributed by atoms with Crippen molar-refractivity contribution in [3.05, 3.63) is 58.1 Å². The molecule has 0 saturated carbocycles. The molecule has 6 nitrogen and oxygen atoms in total. The number of halogens is 1. The van der Waals surface area contributed by atoms with Gasteiger partial charge in [-0.25, -0.2) is 9.50 Å². The first-order valence-corrected chi connectivity index (χ1v) is 9.11. The molecule has 3 aromatic rings. The van der Waals surface area contributed by atoms with Crippen molar-refractivity contribution in [3.8, 4) is 0 Å². The number of amides is 1. The zero-order valence-electron chi connectivity index (χ0n) is 15.2. The summed E-state index contributed by atoms with van der Waals surface area (Å²) < 4.78 is 1.71. The van der Waals surface area contributed by atoms with E-state index >= 15 is 0 Å². The summed E-state index contributed by atoms with van der Waals surface area (Å²) in [5, 5.41) is 4.97. The van der Waals surface area contributed by atoms with Crippen molar-refractivity contribution in [3.63, 3.8) is 0 Å². The Kier molecular flexibility index (Phi) is 5.52. The highest BCUT2D eigenvalue weighted by molar-refractivity contribution is 6.33. The van der Waals surface area contributed by atoms with Crippen LogP contribution in [0.5, 0.6) is 0 Å². The number of hydrogen-bond donors (Lipinski definition) is 0. The second kappa shape index (κ2) is 7.83. The maximum absolute atomic E-state index is 13.0. The smallest absolute Gasteiger partial charge is 0.255 e. The lowest BCUT2D eigenvalue weighted by Crippen LogP contribution is -2.32. The molecule has 0 fully saturated rings. The van der Waals surface area contributed by atoms with E-state index in [9.17, 15) is 4.79 Å². The van der Waals surface area contributed by atoms with Crippen LogP contribution in [0.1, 0.15) is 47.3 Å². The maximum atomic E-state index is 13.0. The number of carbonyl (C=O) groups is 1. The summed E-state index contributed by atoms with van der Waals surface area (Å²) >= 11 is 6.21. The van der Waals surface area contributed by atoms with Gasteiger partial charge in [0.15, 0.2) is 5.82 Å². The van der Waals surface area contributed by atoms with E-state index < -0.39 is 0 Å². The van der Waals surface area contributed by atoms with Crippen molar-refractivity contribution < 1.29 is 4.79 Å². The standard InChI is InChI=1S/C19H22ClN5O/c1-4-5-10-24(18(26)15-8-6-7-9-16(15)20)12-17-22-19-21-13(2)11-14(3)25(19)23-17/h6-9,11H,4-5,10,12H2,1-3H3. The van der Waals surface area contributed by atoms with E-state index in [1.807, 2.05) is 32.0 Å². The fraction of sp³-hybridized carbons (Fsp3) is 0.368. The van der Waals surface area contributed by atoms with E-state index in [0.717, 1.165) is 24.2 Å². The Labute approximate surface area is 157 Å². The molecule has 0 aliphatic heterocycles. The molecule has 7 heteroatoms. The number of unbranched alkanes of at least 4 members (excludes halogenated alkanes) is 1.